The van der Waals surface area contributed by atoms with Crippen molar-refractivity contribution in [2.75, 3.05) is 0 Å². The van der Waals surface area contributed by atoms with E-state index < -0.39 is 5.97 Å². The van der Waals surface area contributed by atoms with Crippen LogP contribution in [0.2, 0.25) is 0 Å². The van der Waals surface area contributed by atoms with Gasteiger partial charge < -0.3 is 10.1 Å². The topological polar surface area (TPSA) is 105 Å². The molecule has 0 radical (unpaired) electrons. The molecule has 0 atom stereocenters. The maximum atomic E-state index is 11.2. The molecule has 4 rings (SSSR count). The van der Waals surface area contributed by atoms with E-state index in [1.807, 2.05) is 31.2 Å². The van der Waals surface area contributed by atoms with Gasteiger partial charge in [-0.1, -0.05) is 6.07 Å². The minimum absolute atomic E-state index is 0.107. The van der Waals surface area contributed by atoms with Gasteiger partial charge in [-0.3, -0.25) is 4.98 Å². The highest BCUT2D eigenvalue weighted by molar-refractivity contribution is 5.94. The standard InChI is InChI=1S/C18H13N5O2/c1-10-3-2-4-14(21-10)17-22-15(13-5-6-20-16(13)23-17)11-7-12(18(24)25)9-19-8-11/h2-9H,1H3,(H,24,25)(H,20,22,23). The SMILES string of the molecule is Cc1cccc(-c2nc(-c3cncc(C(=O)O)c3)c3cc[nH]c3n2)n1. The molecule has 2 N–H and O–H groups in total. The molecule has 0 bridgehead atoms. The number of hydrogen-bond acceptors (Lipinski definition) is 5. The summed E-state index contributed by atoms with van der Waals surface area (Å²) in [5.74, 6) is -0.566. The molecule has 0 unspecified atom stereocenters. The number of carboxylic acid groups (broad SMARTS) is 1. The van der Waals surface area contributed by atoms with Crippen LogP contribution in [0.3, 0.4) is 0 Å². The zero-order valence-electron chi connectivity index (χ0n) is 13.3. The Balaban J connectivity index is 1.96. The first kappa shape index (κ1) is 14.9. The van der Waals surface area contributed by atoms with Gasteiger partial charge in [0.15, 0.2) is 5.82 Å². The monoisotopic (exact) mass is 331 g/mol. The van der Waals surface area contributed by atoms with Crippen molar-refractivity contribution in [3.63, 3.8) is 0 Å². The summed E-state index contributed by atoms with van der Waals surface area (Å²) in [4.78, 5) is 32.0. The van der Waals surface area contributed by atoms with Gasteiger partial charge in [0.05, 0.1) is 11.3 Å². The van der Waals surface area contributed by atoms with Gasteiger partial charge in [-0.2, -0.15) is 0 Å². The van der Waals surface area contributed by atoms with Gasteiger partial charge in [-0.25, -0.2) is 19.7 Å². The molecule has 0 aliphatic rings. The van der Waals surface area contributed by atoms with Crippen LogP contribution in [0.15, 0.2) is 48.9 Å². The Hall–Kier alpha value is -3.61. The fraction of sp³-hybridized carbons (Fsp3) is 0.0556. The van der Waals surface area contributed by atoms with Gasteiger partial charge in [0.25, 0.3) is 0 Å². The van der Waals surface area contributed by atoms with E-state index in [9.17, 15) is 9.90 Å². The predicted octanol–water partition coefficient (Wildman–Crippen LogP) is 3.09. The number of rotatable bonds is 3. The second-order valence-corrected chi connectivity index (χ2v) is 5.57. The molecular formula is C18H13N5O2. The van der Waals surface area contributed by atoms with E-state index in [0.29, 0.717) is 28.4 Å². The van der Waals surface area contributed by atoms with Gasteiger partial charge >= 0.3 is 5.97 Å². The van der Waals surface area contributed by atoms with E-state index in [1.165, 1.54) is 6.20 Å². The second-order valence-electron chi connectivity index (χ2n) is 5.57. The van der Waals surface area contributed by atoms with Gasteiger partial charge in [0.2, 0.25) is 0 Å². The minimum atomic E-state index is -1.03. The third kappa shape index (κ3) is 2.72. The number of carbonyl (C=O) groups is 1. The summed E-state index contributed by atoms with van der Waals surface area (Å²) in [5, 5.41) is 10.00. The highest BCUT2D eigenvalue weighted by atomic mass is 16.4. The van der Waals surface area contributed by atoms with Gasteiger partial charge in [-0.15, -0.1) is 0 Å². The minimum Gasteiger partial charge on any atom is -0.478 e. The summed E-state index contributed by atoms with van der Waals surface area (Å²) in [5.41, 5.74) is 3.50. The Labute approximate surface area is 142 Å². The van der Waals surface area contributed by atoms with Crippen LogP contribution in [-0.4, -0.2) is 36.0 Å². The van der Waals surface area contributed by atoms with Gasteiger partial charge in [-0.05, 0) is 31.2 Å². The first-order valence-corrected chi connectivity index (χ1v) is 7.60. The van der Waals surface area contributed by atoms with Crippen molar-refractivity contribution in [2.45, 2.75) is 6.92 Å². The van der Waals surface area contributed by atoms with Gasteiger partial charge in [0.1, 0.15) is 11.3 Å². The van der Waals surface area contributed by atoms with Crippen molar-refractivity contribution in [3.05, 3.63) is 60.2 Å². The number of aromatic carboxylic acids is 1. The molecule has 0 spiro atoms. The zero-order chi connectivity index (χ0) is 17.4. The highest BCUT2D eigenvalue weighted by Crippen LogP contribution is 2.28. The molecule has 0 aromatic carbocycles. The first-order chi connectivity index (χ1) is 12.1. The molecule has 0 saturated heterocycles. The average Bonchev–Trinajstić information content (AvgIpc) is 3.09. The summed E-state index contributed by atoms with van der Waals surface area (Å²) in [6, 6.07) is 9.04. The van der Waals surface area contributed by atoms with Crippen molar-refractivity contribution in [1.82, 2.24) is 24.9 Å². The average molecular weight is 331 g/mol. The van der Waals surface area contributed by atoms with Crippen LogP contribution >= 0.6 is 0 Å². The predicted molar refractivity (Wildman–Crippen MR) is 92.0 cm³/mol. The lowest BCUT2D eigenvalue weighted by Gasteiger charge is -2.07. The fourth-order valence-corrected chi connectivity index (χ4v) is 2.63. The molecule has 4 aromatic rings. The number of aromatic amines is 1. The van der Waals surface area contributed by atoms with Crippen molar-refractivity contribution in [2.24, 2.45) is 0 Å². The molecule has 7 nitrogen and oxygen atoms in total. The van der Waals surface area contributed by atoms with Crippen molar-refractivity contribution in [3.8, 4) is 22.8 Å². The van der Waals surface area contributed by atoms with Crippen LogP contribution < -0.4 is 0 Å². The lowest BCUT2D eigenvalue weighted by atomic mass is 10.1. The Morgan fingerprint density at radius 3 is 2.80 bits per heavy atom. The van der Waals surface area contributed by atoms with Crippen molar-refractivity contribution >= 4 is 17.0 Å². The van der Waals surface area contributed by atoms with E-state index in [1.54, 1.807) is 18.5 Å². The largest absolute Gasteiger partial charge is 0.478 e. The molecule has 0 fully saturated rings. The molecule has 25 heavy (non-hydrogen) atoms. The van der Waals surface area contributed by atoms with Crippen LogP contribution in [0.25, 0.3) is 33.8 Å². The number of carboxylic acids is 1. The van der Waals surface area contributed by atoms with E-state index >= 15 is 0 Å². The van der Waals surface area contributed by atoms with Crippen LogP contribution in [0.1, 0.15) is 16.1 Å². The number of pyridine rings is 2. The number of nitrogens with one attached hydrogen (secondary N) is 1. The lowest BCUT2D eigenvalue weighted by molar-refractivity contribution is 0.0696. The first-order valence-electron chi connectivity index (χ1n) is 7.60. The molecule has 0 saturated carbocycles. The summed E-state index contributed by atoms with van der Waals surface area (Å²) in [7, 11) is 0. The number of aryl methyl sites for hydroxylation is 1. The molecule has 4 aromatic heterocycles. The smallest absolute Gasteiger partial charge is 0.337 e. The maximum absolute atomic E-state index is 11.2. The zero-order valence-corrected chi connectivity index (χ0v) is 13.3. The number of fused-ring (bicyclic) bond motifs is 1. The lowest BCUT2D eigenvalue weighted by Crippen LogP contribution is -2.00. The Kier molecular flexibility index (Phi) is 3.46. The quantitative estimate of drug-likeness (QED) is 0.598. The Morgan fingerprint density at radius 2 is 2.00 bits per heavy atom. The van der Waals surface area contributed by atoms with Crippen LogP contribution in [0.4, 0.5) is 0 Å². The number of hydrogen-bond donors (Lipinski definition) is 2. The van der Waals surface area contributed by atoms with E-state index in [4.69, 9.17) is 0 Å². The third-order valence-electron chi connectivity index (χ3n) is 3.79. The molecular weight excluding hydrogens is 318 g/mol. The molecule has 4 heterocycles. The van der Waals surface area contributed by atoms with Crippen molar-refractivity contribution < 1.29 is 9.90 Å². The second kappa shape index (κ2) is 5.79. The molecule has 0 aliphatic heterocycles. The number of aromatic nitrogens is 5. The molecule has 122 valence electrons. The fourth-order valence-electron chi connectivity index (χ4n) is 2.63. The van der Waals surface area contributed by atoms with E-state index in [-0.39, 0.29) is 5.56 Å². The summed E-state index contributed by atoms with van der Waals surface area (Å²) in [6.45, 7) is 1.90. The molecule has 0 aliphatic carbocycles. The number of nitrogens with zero attached hydrogens (tertiary/aromatic N) is 4. The Morgan fingerprint density at radius 1 is 1.12 bits per heavy atom. The van der Waals surface area contributed by atoms with Crippen LogP contribution in [0.5, 0.6) is 0 Å². The van der Waals surface area contributed by atoms with E-state index in [0.717, 1.165) is 11.1 Å². The Bertz CT molecular complexity index is 1100. The molecule has 7 heteroatoms. The number of H-pyrrole nitrogens is 1. The van der Waals surface area contributed by atoms with Crippen molar-refractivity contribution in [1.29, 1.82) is 0 Å². The summed E-state index contributed by atoms with van der Waals surface area (Å²) < 4.78 is 0. The highest BCUT2D eigenvalue weighted by Gasteiger charge is 2.14. The molecule has 0 amide bonds. The van der Waals surface area contributed by atoms with Crippen LogP contribution in [-0.2, 0) is 0 Å². The van der Waals surface area contributed by atoms with E-state index in [2.05, 4.69) is 24.9 Å². The van der Waals surface area contributed by atoms with Gasteiger partial charge in [0, 0.05) is 35.2 Å². The maximum Gasteiger partial charge on any atom is 0.337 e. The third-order valence-corrected chi connectivity index (χ3v) is 3.79. The summed E-state index contributed by atoms with van der Waals surface area (Å²) >= 11 is 0. The normalized spacial score (nSPS) is 10.9. The van der Waals surface area contributed by atoms with Crippen LogP contribution in [0, 0.1) is 6.92 Å². The summed E-state index contributed by atoms with van der Waals surface area (Å²) in [6.07, 6.45) is 4.67.